The summed E-state index contributed by atoms with van der Waals surface area (Å²) >= 11 is 7.31. The number of pyridine rings is 1. The molecule has 3 N–H and O–H groups in total. The van der Waals surface area contributed by atoms with Gasteiger partial charge in [-0.25, -0.2) is 0 Å². The predicted octanol–water partition coefficient (Wildman–Crippen LogP) is 3.46. The van der Waals surface area contributed by atoms with E-state index in [1.165, 1.54) is 11.3 Å². The minimum Gasteiger partial charge on any atom is -0.397 e. The quantitative estimate of drug-likeness (QED) is 0.777. The van der Waals surface area contributed by atoms with Gasteiger partial charge >= 0.3 is 0 Å². The Kier molecular flexibility index (Phi) is 3.77. The number of halogens is 1. The number of amides is 1. The fourth-order valence-electron chi connectivity index (χ4n) is 2.02. The summed E-state index contributed by atoms with van der Waals surface area (Å²) < 4.78 is 0.911. The highest BCUT2D eigenvalue weighted by Gasteiger charge is 2.16. The van der Waals surface area contributed by atoms with Gasteiger partial charge in [-0.05, 0) is 35.9 Å². The molecule has 3 aromatic rings. The normalized spacial score (nSPS) is 10.7. The van der Waals surface area contributed by atoms with Crippen molar-refractivity contribution in [3.63, 3.8) is 0 Å². The molecule has 0 fully saturated rings. The topological polar surface area (TPSA) is 68.0 Å². The van der Waals surface area contributed by atoms with Gasteiger partial charge in [0.05, 0.1) is 5.69 Å². The van der Waals surface area contributed by atoms with E-state index in [1.807, 2.05) is 24.3 Å². The van der Waals surface area contributed by atoms with Gasteiger partial charge in [-0.3, -0.25) is 9.78 Å². The molecule has 4 nitrogen and oxygen atoms in total. The summed E-state index contributed by atoms with van der Waals surface area (Å²) in [4.78, 5) is 16.7. The first-order valence-electron chi connectivity index (χ1n) is 6.30. The van der Waals surface area contributed by atoms with Gasteiger partial charge in [0.2, 0.25) is 0 Å². The van der Waals surface area contributed by atoms with E-state index in [-0.39, 0.29) is 5.91 Å². The van der Waals surface area contributed by atoms with Crippen molar-refractivity contribution in [1.82, 2.24) is 10.3 Å². The third kappa shape index (κ3) is 2.84. The molecular formula is C15H12ClN3OS. The molecule has 0 aliphatic rings. The summed E-state index contributed by atoms with van der Waals surface area (Å²) in [7, 11) is 0. The molecule has 0 atom stereocenters. The maximum absolute atomic E-state index is 12.3. The maximum Gasteiger partial charge on any atom is 0.263 e. The highest BCUT2D eigenvalue weighted by Crippen LogP contribution is 2.35. The zero-order chi connectivity index (χ0) is 14.8. The van der Waals surface area contributed by atoms with E-state index < -0.39 is 0 Å². The lowest BCUT2D eigenvalue weighted by atomic mass is 10.2. The Balaban J connectivity index is 1.83. The molecule has 21 heavy (non-hydrogen) atoms. The molecule has 2 heterocycles. The first-order valence-corrected chi connectivity index (χ1v) is 7.49. The number of rotatable bonds is 3. The minimum atomic E-state index is -0.179. The Labute approximate surface area is 130 Å². The summed E-state index contributed by atoms with van der Waals surface area (Å²) in [5.74, 6) is -0.179. The van der Waals surface area contributed by atoms with Crippen molar-refractivity contribution < 1.29 is 4.79 Å². The molecule has 3 rings (SSSR count). The molecule has 0 saturated heterocycles. The zero-order valence-electron chi connectivity index (χ0n) is 11.0. The zero-order valence-corrected chi connectivity index (χ0v) is 12.5. The van der Waals surface area contributed by atoms with Crippen LogP contribution in [0.25, 0.3) is 10.1 Å². The van der Waals surface area contributed by atoms with Gasteiger partial charge < -0.3 is 11.1 Å². The number of nitrogens with zero attached hydrogens (tertiary/aromatic N) is 1. The Morgan fingerprint density at radius 3 is 2.81 bits per heavy atom. The summed E-state index contributed by atoms with van der Waals surface area (Å²) in [6.07, 6.45) is 3.38. The van der Waals surface area contributed by atoms with E-state index in [4.69, 9.17) is 17.3 Å². The van der Waals surface area contributed by atoms with Gasteiger partial charge in [0.15, 0.2) is 0 Å². The Morgan fingerprint density at radius 2 is 2.05 bits per heavy atom. The third-order valence-corrected chi connectivity index (χ3v) is 4.50. The van der Waals surface area contributed by atoms with E-state index in [0.717, 1.165) is 15.6 Å². The average Bonchev–Trinajstić information content (AvgIpc) is 2.82. The molecule has 0 aliphatic heterocycles. The van der Waals surface area contributed by atoms with Crippen LogP contribution in [-0.4, -0.2) is 10.9 Å². The molecule has 0 unspecified atom stereocenters. The molecule has 2 aromatic heterocycles. The number of nitrogen functional groups attached to an aromatic ring is 1. The number of carbonyl (C=O) groups is 1. The van der Waals surface area contributed by atoms with Crippen LogP contribution in [0.15, 0.2) is 42.7 Å². The fraction of sp³-hybridized carbons (Fsp3) is 0.0667. The van der Waals surface area contributed by atoms with Crippen molar-refractivity contribution in [3.8, 4) is 0 Å². The molecule has 0 spiro atoms. The number of carbonyl (C=O) groups excluding carboxylic acids is 1. The van der Waals surface area contributed by atoms with Crippen LogP contribution in [0, 0.1) is 0 Å². The van der Waals surface area contributed by atoms with Crippen LogP contribution in [0.5, 0.6) is 0 Å². The van der Waals surface area contributed by atoms with Crippen LogP contribution in [0.4, 0.5) is 5.69 Å². The molecule has 0 aliphatic carbocycles. The second-order valence-corrected chi connectivity index (χ2v) is 6.01. The Hall–Kier alpha value is -2.11. The maximum atomic E-state index is 12.3. The van der Waals surface area contributed by atoms with Crippen LogP contribution in [0.1, 0.15) is 15.2 Å². The van der Waals surface area contributed by atoms with Crippen LogP contribution in [-0.2, 0) is 6.54 Å². The molecule has 0 bridgehead atoms. The van der Waals surface area contributed by atoms with Crippen molar-refractivity contribution >= 4 is 44.6 Å². The van der Waals surface area contributed by atoms with Crippen molar-refractivity contribution in [1.29, 1.82) is 0 Å². The number of thiophene rings is 1. The van der Waals surface area contributed by atoms with Crippen LogP contribution >= 0.6 is 22.9 Å². The number of benzene rings is 1. The van der Waals surface area contributed by atoms with Crippen molar-refractivity contribution in [2.75, 3.05) is 5.73 Å². The Bertz CT molecular complexity index is 801. The number of hydrogen-bond acceptors (Lipinski definition) is 4. The van der Waals surface area contributed by atoms with E-state index in [1.54, 1.807) is 18.5 Å². The summed E-state index contributed by atoms with van der Waals surface area (Å²) in [6, 6.07) is 9.13. The number of anilines is 1. The fourth-order valence-corrected chi connectivity index (χ4v) is 3.34. The highest BCUT2D eigenvalue weighted by molar-refractivity contribution is 7.21. The van der Waals surface area contributed by atoms with Crippen molar-refractivity contribution in [2.24, 2.45) is 0 Å². The summed E-state index contributed by atoms with van der Waals surface area (Å²) in [5.41, 5.74) is 7.54. The van der Waals surface area contributed by atoms with E-state index in [9.17, 15) is 4.79 Å². The van der Waals surface area contributed by atoms with Crippen molar-refractivity contribution in [3.05, 3.63) is 58.2 Å². The Morgan fingerprint density at radius 1 is 1.29 bits per heavy atom. The number of aromatic nitrogens is 1. The van der Waals surface area contributed by atoms with Crippen LogP contribution in [0.2, 0.25) is 5.02 Å². The second kappa shape index (κ2) is 5.71. The van der Waals surface area contributed by atoms with Gasteiger partial charge in [-0.1, -0.05) is 11.6 Å². The van der Waals surface area contributed by atoms with Crippen LogP contribution in [0.3, 0.4) is 0 Å². The molecule has 6 heteroatoms. The first kappa shape index (κ1) is 13.9. The van der Waals surface area contributed by atoms with Crippen molar-refractivity contribution in [2.45, 2.75) is 6.54 Å². The largest absolute Gasteiger partial charge is 0.397 e. The number of fused-ring (bicyclic) bond motifs is 1. The monoisotopic (exact) mass is 317 g/mol. The van der Waals surface area contributed by atoms with Crippen LogP contribution < -0.4 is 11.1 Å². The third-order valence-electron chi connectivity index (χ3n) is 3.10. The van der Waals surface area contributed by atoms with Gasteiger partial charge in [-0.2, -0.15) is 0 Å². The average molecular weight is 318 g/mol. The highest BCUT2D eigenvalue weighted by atomic mass is 35.5. The molecular weight excluding hydrogens is 306 g/mol. The molecule has 106 valence electrons. The van der Waals surface area contributed by atoms with Gasteiger partial charge in [-0.15, -0.1) is 11.3 Å². The predicted molar refractivity (Wildman–Crippen MR) is 86.7 cm³/mol. The van der Waals surface area contributed by atoms with E-state index >= 15 is 0 Å². The summed E-state index contributed by atoms with van der Waals surface area (Å²) in [6.45, 7) is 0.440. The van der Waals surface area contributed by atoms with Gasteiger partial charge in [0.1, 0.15) is 4.88 Å². The minimum absolute atomic E-state index is 0.179. The first-order chi connectivity index (χ1) is 10.1. The number of hydrogen-bond donors (Lipinski definition) is 2. The molecule has 0 radical (unpaired) electrons. The molecule has 1 amide bonds. The number of nitrogens with two attached hydrogens (primary N) is 1. The summed E-state index contributed by atoms with van der Waals surface area (Å²) in [5, 5.41) is 4.35. The van der Waals surface area contributed by atoms with Gasteiger partial charge in [0, 0.05) is 34.0 Å². The lowest BCUT2D eigenvalue weighted by molar-refractivity contribution is 0.0956. The standard InChI is InChI=1S/C15H12ClN3OS/c16-10-1-2-11-12(7-10)21-14(13(11)17)15(20)19-8-9-3-5-18-6-4-9/h1-7H,8,17H2,(H,19,20). The van der Waals surface area contributed by atoms with E-state index in [2.05, 4.69) is 10.3 Å². The smallest absolute Gasteiger partial charge is 0.263 e. The van der Waals surface area contributed by atoms with E-state index in [0.29, 0.717) is 22.1 Å². The SMILES string of the molecule is Nc1c(C(=O)NCc2ccncc2)sc2cc(Cl)ccc12. The number of nitrogens with one attached hydrogen (secondary N) is 1. The van der Waals surface area contributed by atoms with Gasteiger partial charge in [0.25, 0.3) is 5.91 Å². The molecule has 1 aromatic carbocycles. The lowest BCUT2D eigenvalue weighted by Crippen LogP contribution is -2.22. The molecule has 0 saturated carbocycles. The lowest BCUT2D eigenvalue weighted by Gasteiger charge is -2.04. The second-order valence-electron chi connectivity index (χ2n) is 4.52.